The van der Waals surface area contributed by atoms with Crippen LogP contribution >= 0.6 is 23.5 Å². The molecule has 0 bridgehead atoms. The summed E-state index contributed by atoms with van der Waals surface area (Å²) in [4.78, 5) is 19.0. The van der Waals surface area contributed by atoms with E-state index in [0.29, 0.717) is 11.0 Å². The van der Waals surface area contributed by atoms with Crippen molar-refractivity contribution >= 4 is 35.1 Å². The first-order valence-electron chi connectivity index (χ1n) is 10.0. The van der Waals surface area contributed by atoms with Crippen LogP contribution in [0, 0.1) is 6.92 Å². The highest BCUT2D eigenvalue weighted by Crippen LogP contribution is 2.33. The number of para-hydroxylation sites is 1. The molecular weight excluding hydrogens is 440 g/mol. The molecule has 4 rings (SSSR count). The van der Waals surface area contributed by atoms with E-state index in [1.165, 1.54) is 17.3 Å². The van der Waals surface area contributed by atoms with Crippen molar-refractivity contribution in [2.24, 2.45) is 0 Å². The number of benzene rings is 3. The summed E-state index contributed by atoms with van der Waals surface area (Å²) < 4.78 is 5.70. The summed E-state index contributed by atoms with van der Waals surface area (Å²) >= 11 is 2.89. The van der Waals surface area contributed by atoms with Crippen LogP contribution in [0.2, 0.25) is 0 Å². The first-order chi connectivity index (χ1) is 15.7. The molecule has 0 atom stereocenters. The molecule has 8 heteroatoms. The van der Waals surface area contributed by atoms with Crippen molar-refractivity contribution in [1.82, 2.24) is 15.2 Å². The SMILES string of the molecule is Cc1ccc(OCc2nc(SCC(=O)Nc3ccccc3Sc3ccccc3)n[nH]2)cc1. The lowest BCUT2D eigenvalue weighted by Gasteiger charge is -2.10. The van der Waals surface area contributed by atoms with E-state index in [-0.39, 0.29) is 18.3 Å². The highest BCUT2D eigenvalue weighted by Gasteiger charge is 2.11. The van der Waals surface area contributed by atoms with Gasteiger partial charge < -0.3 is 10.1 Å². The largest absolute Gasteiger partial charge is 0.486 e. The van der Waals surface area contributed by atoms with Crippen LogP contribution in [0.15, 0.2) is 93.8 Å². The molecule has 0 unspecified atom stereocenters. The Hall–Kier alpha value is -3.23. The fourth-order valence-electron chi connectivity index (χ4n) is 2.78. The fourth-order valence-corrected chi connectivity index (χ4v) is 4.32. The third-order valence-corrected chi connectivity index (χ3v) is 6.30. The summed E-state index contributed by atoms with van der Waals surface area (Å²) in [7, 11) is 0. The minimum atomic E-state index is -0.113. The molecule has 6 nitrogen and oxygen atoms in total. The summed E-state index contributed by atoms with van der Waals surface area (Å²) in [5.74, 6) is 1.48. The molecule has 32 heavy (non-hydrogen) atoms. The lowest BCUT2D eigenvalue weighted by atomic mass is 10.2. The normalized spacial score (nSPS) is 10.7. The number of hydrogen-bond acceptors (Lipinski definition) is 6. The molecule has 2 N–H and O–H groups in total. The molecule has 1 aromatic heterocycles. The molecule has 0 spiro atoms. The second kappa shape index (κ2) is 10.9. The average molecular weight is 463 g/mol. The third kappa shape index (κ3) is 6.38. The number of thioether (sulfide) groups is 1. The van der Waals surface area contributed by atoms with Crippen LogP contribution in [0.3, 0.4) is 0 Å². The maximum Gasteiger partial charge on any atom is 0.234 e. The van der Waals surface area contributed by atoms with E-state index >= 15 is 0 Å². The van der Waals surface area contributed by atoms with E-state index in [0.717, 1.165) is 21.2 Å². The van der Waals surface area contributed by atoms with Gasteiger partial charge in [-0.2, -0.15) is 0 Å². The maximum atomic E-state index is 12.5. The van der Waals surface area contributed by atoms with Crippen LogP contribution in [0.5, 0.6) is 5.75 Å². The van der Waals surface area contributed by atoms with Crippen molar-refractivity contribution in [3.63, 3.8) is 0 Å². The van der Waals surface area contributed by atoms with Gasteiger partial charge in [-0.25, -0.2) is 4.98 Å². The molecule has 0 saturated heterocycles. The Morgan fingerprint density at radius 3 is 2.56 bits per heavy atom. The number of carbonyl (C=O) groups excluding carboxylic acids is 1. The molecular formula is C24H22N4O2S2. The van der Waals surface area contributed by atoms with Gasteiger partial charge in [-0.3, -0.25) is 9.89 Å². The number of hydrogen-bond donors (Lipinski definition) is 2. The number of nitrogens with zero attached hydrogens (tertiary/aromatic N) is 2. The van der Waals surface area contributed by atoms with Gasteiger partial charge in [-0.05, 0) is 43.3 Å². The molecule has 1 heterocycles. The third-order valence-electron chi connectivity index (χ3n) is 4.37. The molecule has 162 valence electrons. The van der Waals surface area contributed by atoms with Crippen LogP contribution in [-0.2, 0) is 11.4 Å². The van der Waals surface area contributed by atoms with E-state index in [9.17, 15) is 4.79 Å². The van der Waals surface area contributed by atoms with Crippen LogP contribution in [0.4, 0.5) is 5.69 Å². The van der Waals surface area contributed by atoms with Gasteiger partial charge in [0.15, 0.2) is 5.82 Å². The Kier molecular flexibility index (Phi) is 7.47. The zero-order chi connectivity index (χ0) is 22.2. The van der Waals surface area contributed by atoms with Crippen molar-refractivity contribution in [2.45, 2.75) is 28.5 Å². The number of aromatic amines is 1. The van der Waals surface area contributed by atoms with Crippen molar-refractivity contribution < 1.29 is 9.53 Å². The number of aromatic nitrogens is 3. The Morgan fingerprint density at radius 2 is 1.75 bits per heavy atom. The molecule has 0 saturated carbocycles. The van der Waals surface area contributed by atoms with Gasteiger partial charge in [-0.15, -0.1) is 5.10 Å². The lowest BCUT2D eigenvalue weighted by molar-refractivity contribution is -0.113. The number of rotatable bonds is 9. The summed E-state index contributed by atoms with van der Waals surface area (Å²) in [5, 5.41) is 10.5. The van der Waals surface area contributed by atoms with Gasteiger partial charge in [0, 0.05) is 9.79 Å². The van der Waals surface area contributed by atoms with Gasteiger partial charge >= 0.3 is 0 Å². The second-order valence-corrected chi connectivity index (χ2v) is 8.97. The highest BCUT2D eigenvalue weighted by molar-refractivity contribution is 8.00. The maximum absolute atomic E-state index is 12.5. The van der Waals surface area contributed by atoms with Gasteiger partial charge in [0.25, 0.3) is 0 Å². The minimum absolute atomic E-state index is 0.113. The number of aryl methyl sites for hydroxylation is 1. The Labute approximate surface area is 195 Å². The van der Waals surface area contributed by atoms with E-state index in [1.54, 1.807) is 11.8 Å². The molecule has 1 amide bonds. The number of amides is 1. The Balaban J connectivity index is 1.28. The first-order valence-corrected chi connectivity index (χ1v) is 11.8. The van der Waals surface area contributed by atoms with Crippen molar-refractivity contribution in [3.05, 3.63) is 90.3 Å². The zero-order valence-electron chi connectivity index (χ0n) is 17.4. The summed E-state index contributed by atoms with van der Waals surface area (Å²) in [6.07, 6.45) is 0. The standard InChI is InChI=1S/C24H22N4O2S2/c1-17-11-13-18(14-12-17)30-15-22-26-24(28-27-22)31-16-23(29)25-20-9-5-6-10-21(20)32-19-7-3-2-4-8-19/h2-14H,15-16H2,1H3,(H,25,29)(H,26,27,28). The van der Waals surface area contributed by atoms with E-state index in [4.69, 9.17) is 4.74 Å². The van der Waals surface area contributed by atoms with Crippen molar-refractivity contribution in [2.75, 3.05) is 11.1 Å². The molecule has 4 aromatic rings. The summed E-state index contributed by atoms with van der Waals surface area (Å²) in [5.41, 5.74) is 1.96. The Bertz CT molecular complexity index is 1160. The second-order valence-electron chi connectivity index (χ2n) is 6.91. The van der Waals surface area contributed by atoms with Gasteiger partial charge in [0.2, 0.25) is 11.1 Å². The summed E-state index contributed by atoms with van der Waals surface area (Å²) in [6, 6.07) is 25.7. The topological polar surface area (TPSA) is 79.9 Å². The molecule has 0 radical (unpaired) electrons. The van der Waals surface area contributed by atoms with Crippen LogP contribution in [-0.4, -0.2) is 26.8 Å². The van der Waals surface area contributed by atoms with Gasteiger partial charge in [-0.1, -0.05) is 71.6 Å². The van der Waals surface area contributed by atoms with Crippen LogP contribution < -0.4 is 10.1 Å². The highest BCUT2D eigenvalue weighted by atomic mass is 32.2. The molecule has 3 aromatic carbocycles. The molecule has 0 fully saturated rings. The monoisotopic (exact) mass is 462 g/mol. The summed E-state index contributed by atoms with van der Waals surface area (Å²) in [6.45, 7) is 2.31. The predicted molar refractivity (Wildman–Crippen MR) is 128 cm³/mol. The molecule has 0 aliphatic carbocycles. The first kappa shape index (κ1) is 22.0. The number of nitrogens with one attached hydrogen (secondary N) is 2. The van der Waals surface area contributed by atoms with E-state index in [1.807, 2.05) is 85.8 Å². The number of carbonyl (C=O) groups is 1. The fraction of sp³-hybridized carbons (Fsp3) is 0.125. The Morgan fingerprint density at radius 1 is 1.00 bits per heavy atom. The number of anilines is 1. The average Bonchev–Trinajstić information content (AvgIpc) is 3.27. The number of ether oxygens (including phenoxy) is 1. The lowest BCUT2D eigenvalue weighted by Crippen LogP contribution is -2.14. The van der Waals surface area contributed by atoms with Crippen LogP contribution in [0.1, 0.15) is 11.4 Å². The van der Waals surface area contributed by atoms with E-state index in [2.05, 4.69) is 20.5 Å². The van der Waals surface area contributed by atoms with Crippen LogP contribution in [0.25, 0.3) is 0 Å². The zero-order valence-corrected chi connectivity index (χ0v) is 19.1. The molecule has 0 aliphatic rings. The molecule has 0 aliphatic heterocycles. The minimum Gasteiger partial charge on any atom is -0.486 e. The van der Waals surface area contributed by atoms with Crippen molar-refractivity contribution in [3.8, 4) is 5.75 Å². The smallest absolute Gasteiger partial charge is 0.234 e. The van der Waals surface area contributed by atoms with Crippen molar-refractivity contribution in [1.29, 1.82) is 0 Å². The van der Waals surface area contributed by atoms with E-state index < -0.39 is 0 Å². The number of H-pyrrole nitrogens is 1. The quantitative estimate of drug-likeness (QED) is 0.316. The predicted octanol–water partition coefficient (Wildman–Crippen LogP) is 5.57. The van der Waals surface area contributed by atoms with Gasteiger partial charge in [0.1, 0.15) is 12.4 Å². The van der Waals surface area contributed by atoms with Gasteiger partial charge in [0.05, 0.1) is 11.4 Å².